The fraction of sp³-hybridized carbons (Fsp3) is 0.389. The van der Waals surface area contributed by atoms with Gasteiger partial charge in [0.15, 0.2) is 0 Å². The molecule has 0 radical (unpaired) electrons. The summed E-state index contributed by atoms with van der Waals surface area (Å²) in [7, 11) is 1.38. The summed E-state index contributed by atoms with van der Waals surface area (Å²) in [5, 5.41) is 6.32. The van der Waals surface area contributed by atoms with Gasteiger partial charge in [-0.3, -0.25) is 9.80 Å². The predicted octanol–water partition coefficient (Wildman–Crippen LogP) is 5.57. The molecule has 0 fully saturated rings. The van der Waals surface area contributed by atoms with E-state index in [-0.39, 0.29) is 24.9 Å². The maximum atomic E-state index is 13.6. The molecule has 4 amide bonds. The maximum absolute atomic E-state index is 13.6. The zero-order chi connectivity index (χ0) is 33.4. The van der Waals surface area contributed by atoms with Crippen molar-refractivity contribution in [3.8, 4) is 11.1 Å². The van der Waals surface area contributed by atoms with Crippen molar-refractivity contribution in [2.75, 3.05) is 13.7 Å². The molecule has 1 aliphatic rings. The van der Waals surface area contributed by atoms with Crippen molar-refractivity contribution in [2.24, 2.45) is 5.92 Å². The Labute approximate surface area is 270 Å². The Morgan fingerprint density at radius 1 is 0.804 bits per heavy atom. The average Bonchev–Trinajstić information content (AvgIpc) is 3.32. The maximum Gasteiger partial charge on any atom is 0.407 e. The van der Waals surface area contributed by atoms with Gasteiger partial charge in [-0.15, -0.1) is 0 Å². The number of carbonyl (C=O) groups is 4. The first-order valence-electron chi connectivity index (χ1n) is 15.6. The van der Waals surface area contributed by atoms with Crippen molar-refractivity contribution >= 4 is 24.0 Å². The smallest absolute Gasteiger partial charge is 0.407 e. The van der Waals surface area contributed by atoms with Gasteiger partial charge in [0.2, 0.25) is 0 Å². The number of nitrogens with zero attached hydrogens (tertiary/aromatic N) is 1. The van der Waals surface area contributed by atoms with Crippen LogP contribution in [-0.4, -0.2) is 60.3 Å². The molecule has 0 aliphatic heterocycles. The van der Waals surface area contributed by atoms with E-state index in [0.717, 1.165) is 32.8 Å². The van der Waals surface area contributed by atoms with E-state index in [1.807, 2.05) is 80.6 Å². The molecule has 2 unspecified atom stereocenters. The van der Waals surface area contributed by atoms with E-state index >= 15 is 0 Å². The first kappa shape index (κ1) is 34.0. The summed E-state index contributed by atoms with van der Waals surface area (Å²) in [6.07, 6.45) is -0.248. The quantitative estimate of drug-likeness (QED) is 0.199. The van der Waals surface area contributed by atoms with E-state index in [1.54, 1.807) is 20.8 Å². The molecule has 1 aliphatic carbocycles. The summed E-state index contributed by atoms with van der Waals surface area (Å²) in [4.78, 5) is 52.5. The zero-order valence-electron chi connectivity index (χ0n) is 27.3. The molecule has 3 aromatic carbocycles. The lowest BCUT2D eigenvalue weighted by Gasteiger charge is -2.28. The van der Waals surface area contributed by atoms with Crippen LogP contribution in [0.3, 0.4) is 0 Å². The fourth-order valence-corrected chi connectivity index (χ4v) is 5.52. The lowest BCUT2D eigenvalue weighted by molar-refractivity contribution is -0.157. The Bertz CT molecular complexity index is 1490. The second kappa shape index (κ2) is 14.9. The van der Waals surface area contributed by atoms with E-state index < -0.39 is 41.7 Å². The van der Waals surface area contributed by atoms with Crippen LogP contribution in [-0.2, 0) is 25.5 Å². The minimum absolute atomic E-state index is 0.0878. The summed E-state index contributed by atoms with van der Waals surface area (Å²) in [5.74, 6) is -1.19. The number of alkyl carbamates (subject to hydrolysis) is 1. The lowest BCUT2D eigenvalue weighted by atomic mass is 9.98. The van der Waals surface area contributed by atoms with Gasteiger partial charge < -0.3 is 20.1 Å². The topological polar surface area (TPSA) is 126 Å². The molecule has 46 heavy (non-hydrogen) atoms. The molecule has 0 bridgehead atoms. The molecule has 0 saturated carbocycles. The molecule has 3 aromatic rings. The van der Waals surface area contributed by atoms with Gasteiger partial charge >= 0.3 is 18.1 Å². The van der Waals surface area contributed by atoms with Gasteiger partial charge in [0.25, 0.3) is 5.91 Å². The normalized spacial score (nSPS) is 13.5. The van der Waals surface area contributed by atoms with Gasteiger partial charge in [0.05, 0.1) is 0 Å². The molecule has 3 N–H and O–H groups in total. The van der Waals surface area contributed by atoms with Crippen LogP contribution in [0.5, 0.6) is 0 Å². The van der Waals surface area contributed by atoms with E-state index in [2.05, 4.69) is 28.2 Å². The number of hydrazine groups is 1. The predicted molar refractivity (Wildman–Crippen MR) is 176 cm³/mol. The number of amides is 4. The minimum Gasteiger partial charge on any atom is -0.458 e. The third kappa shape index (κ3) is 9.09. The minimum atomic E-state index is -1.05. The van der Waals surface area contributed by atoms with Crippen LogP contribution in [0.25, 0.3) is 11.1 Å². The Morgan fingerprint density at radius 3 is 1.93 bits per heavy atom. The number of urea groups is 1. The van der Waals surface area contributed by atoms with Gasteiger partial charge in [0, 0.05) is 19.4 Å². The van der Waals surface area contributed by atoms with Gasteiger partial charge in [0.1, 0.15) is 24.3 Å². The molecule has 4 rings (SSSR count). The average molecular weight is 629 g/mol. The van der Waals surface area contributed by atoms with Crippen molar-refractivity contribution in [1.29, 1.82) is 0 Å². The van der Waals surface area contributed by atoms with E-state index in [0.29, 0.717) is 6.42 Å². The summed E-state index contributed by atoms with van der Waals surface area (Å²) in [6.45, 7) is 9.19. The highest BCUT2D eigenvalue weighted by Gasteiger charge is 2.32. The van der Waals surface area contributed by atoms with Crippen molar-refractivity contribution in [3.63, 3.8) is 0 Å². The molecule has 2 atom stereocenters. The second-order valence-electron chi connectivity index (χ2n) is 12.9. The highest BCUT2D eigenvalue weighted by atomic mass is 16.6. The molecule has 0 saturated heterocycles. The van der Waals surface area contributed by atoms with Crippen molar-refractivity contribution in [3.05, 3.63) is 95.6 Å². The van der Waals surface area contributed by atoms with Crippen LogP contribution >= 0.6 is 0 Å². The Morgan fingerprint density at radius 2 is 1.37 bits per heavy atom. The number of likely N-dealkylation sites (N-methyl/N-ethyl adjacent to an activating group) is 1. The number of esters is 1. The summed E-state index contributed by atoms with van der Waals surface area (Å²) >= 11 is 0. The number of nitrogens with one attached hydrogen (secondary N) is 3. The van der Waals surface area contributed by atoms with E-state index in [1.165, 1.54) is 7.05 Å². The van der Waals surface area contributed by atoms with Gasteiger partial charge in [-0.2, -0.15) is 0 Å². The Hall–Kier alpha value is -4.86. The van der Waals surface area contributed by atoms with Crippen molar-refractivity contribution < 1.29 is 28.7 Å². The second-order valence-corrected chi connectivity index (χ2v) is 12.9. The number of hydrogen-bond acceptors (Lipinski definition) is 6. The number of rotatable bonds is 10. The third-order valence-corrected chi connectivity index (χ3v) is 7.52. The first-order valence-corrected chi connectivity index (χ1v) is 15.6. The van der Waals surface area contributed by atoms with Crippen LogP contribution in [0, 0.1) is 5.92 Å². The lowest BCUT2D eigenvalue weighted by Crippen LogP contribution is -2.57. The number of carbonyl (C=O) groups excluding carboxylic acids is 4. The highest BCUT2D eigenvalue weighted by Crippen LogP contribution is 2.44. The van der Waals surface area contributed by atoms with Crippen LogP contribution in [0.15, 0.2) is 78.9 Å². The fourth-order valence-electron chi connectivity index (χ4n) is 5.52. The molecule has 0 aromatic heterocycles. The number of fused-ring (bicyclic) bond motifs is 3. The molecular formula is C36H44N4O6. The van der Waals surface area contributed by atoms with Gasteiger partial charge in [-0.05, 0) is 60.9 Å². The molecular weight excluding hydrogens is 584 g/mol. The van der Waals surface area contributed by atoms with Crippen molar-refractivity contribution in [1.82, 2.24) is 21.1 Å². The van der Waals surface area contributed by atoms with E-state index in [9.17, 15) is 19.2 Å². The standard InChI is InChI=1S/C36H44N4O6/c1-23(2)20-31(33(42)46-36(3,4)5)37-34(43)39-40(6)32(41)30(21-24-14-8-7-9-15-24)38-35(44)45-22-29-27-18-12-10-16-25(27)26-17-11-13-19-28(26)29/h7-19,23,29-31H,20-22H2,1-6H3,(H,38,44)(H2,37,39,43). The number of hydrogen-bond donors (Lipinski definition) is 3. The number of benzene rings is 3. The molecule has 10 heteroatoms. The third-order valence-electron chi connectivity index (χ3n) is 7.52. The Balaban J connectivity index is 1.42. The molecule has 10 nitrogen and oxygen atoms in total. The molecule has 0 spiro atoms. The SMILES string of the molecule is CC(C)CC(NC(=O)NN(C)C(=O)C(Cc1ccccc1)NC(=O)OCC1c2ccccc2-c2ccccc21)C(=O)OC(C)(C)C. The van der Waals surface area contributed by atoms with E-state index in [4.69, 9.17) is 9.47 Å². The largest absolute Gasteiger partial charge is 0.458 e. The first-order chi connectivity index (χ1) is 21.8. The zero-order valence-corrected chi connectivity index (χ0v) is 27.3. The monoisotopic (exact) mass is 628 g/mol. The summed E-state index contributed by atoms with van der Waals surface area (Å²) in [6, 6.07) is 22.6. The molecule has 0 heterocycles. The van der Waals surface area contributed by atoms with Gasteiger partial charge in [-0.1, -0.05) is 92.7 Å². The van der Waals surface area contributed by atoms with Crippen LogP contribution in [0.4, 0.5) is 9.59 Å². The highest BCUT2D eigenvalue weighted by molar-refractivity contribution is 5.89. The number of ether oxygens (including phenoxy) is 2. The van der Waals surface area contributed by atoms with Gasteiger partial charge in [-0.25, -0.2) is 19.8 Å². The summed E-state index contributed by atoms with van der Waals surface area (Å²) < 4.78 is 11.2. The summed E-state index contributed by atoms with van der Waals surface area (Å²) in [5.41, 5.74) is 6.92. The van der Waals surface area contributed by atoms with Crippen LogP contribution < -0.4 is 16.1 Å². The van der Waals surface area contributed by atoms with Crippen LogP contribution in [0.2, 0.25) is 0 Å². The Kier molecular flexibility index (Phi) is 11.1. The molecule has 244 valence electrons. The van der Waals surface area contributed by atoms with Crippen molar-refractivity contribution in [2.45, 2.75) is 71.1 Å². The van der Waals surface area contributed by atoms with Crippen LogP contribution in [0.1, 0.15) is 63.6 Å².